The van der Waals surface area contributed by atoms with Crippen LogP contribution in [0, 0.1) is 5.92 Å². The number of hydrogen-bond donors (Lipinski definition) is 1. The summed E-state index contributed by atoms with van der Waals surface area (Å²) in [6, 6.07) is 8.94. The molecule has 2 rings (SSSR count). The van der Waals surface area contributed by atoms with E-state index in [2.05, 4.69) is 24.4 Å². The highest BCUT2D eigenvalue weighted by Gasteiger charge is 2.26. The fourth-order valence-corrected chi connectivity index (χ4v) is 1.86. The van der Waals surface area contributed by atoms with E-state index in [1.165, 1.54) is 5.56 Å². The molecule has 2 atom stereocenters. The molecule has 1 aliphatic rings. The van der Waals surface area contributed by atoms with Gasteiger partial charge in [0.25, 0.3) is 0 Å². The summed E-state index contributed by atoms with van der Waals surface area (Å²) in [5, 5.41) is 3.42. The number of hydrogen-bond acceptors (Lipinski definition) is 2. The van der Waals surface area contributed by atoms with Crippen LogP contribution in [0.25, 0.3) is 0 Å². The summed E-state index contributed by atoms with van der Waals surface area (Å²) in [5.74, 6) is 1.72. The zero-order valence-electron chi connectivity index (χ0n) is 8.79. The predicted octanol–water partition coefficient (Wildman–Crippen LogP) is 2.37. The predicted molar refractivity (Wildman–Crippen MR) is 57.5 cm³/mol. The van der Waals surface area contributed by atoms with Gasteiger partial charge in [0.1, 0.15) is 5.75 Å². The molecule has 0 amide bonds. The van der Waals surface area contributed by atoms with Gasteiger partial charge >= 0.3 is 0 Å². The van der Waals surface area contributed by atoms with Crippen molar-refractivity contribution in [3.63, 3.8) is 0 Å². The molecule has 0 aromatic heterocycles. The molecule has 1 fully saturated rings. The fourth-order valence-electron chi connectivity index (χ4n) is 1.86. The van der Waals surface area contributed by atoms with Gasteiger partial charge in [0.2, 0.25) is 0 Å². The minimum atomic E-state index is 0.547. The first-order valence-electron chi connectivity index (χ1n) is 5.27. The molecule has 14 heavy (non-hydrogen) atoms. The van der Waals surface area contributed by atoms with Crippen LogP contribution in [0.15, 0.2) is 24.3 Å². The maximum atomic E-state index is 5.40. The maximum Gasteiger partial charge on any atom is 0.119 e. The van der Waals surface area contributed by atoms with Crippen LogP contribution in [0.1, 0.15) is 25.5 Å². The topological polar surface area (TPSA) is 21.3 Å². The van der Waals surface area contributed by atoms with Gasteiger partial charge in [0, 0.05) is 12.6 Å². The van der Waals surface area contributed by atoms with Gasteiger partial charge in [-0.1, -0.05) is 19.1 Å². The van der Waals surface area contributed by atoms with Crippen molar-refractivity contribution >= 4 is 0 Å². The van der Waals surface area contributed by atoms with Gasteiger partial charge in [-0.25, -0.2) is 0 Å². The number of benzene rings is 1. The Balaban J connectivity index is 2.06. The van der Waals surface area contributed by atoms with E-state index in [-0.39, 0.29) is 0 Å². The molecule has 0 saturated carbocycles. The lowest BCUT2D eigenvalue weighted by atomic mass is 9.88. The third kappa shape index (κ3) is 1.75. The van der Waals surface area contributed by atoms with Gasteiger partial charge in [0.05, 0.1) is 6.61 Å². The van der Waals surface area contributed by atoms with Crippen LogP contribution in [0.3, 0.4) is 0 Å². The van der Waals surface area contributed by atoms with Gasteiger partial charge in [-0.05, 0) is 30.5 Å². The fraction of sp³-hybridized carbons (Fsp3) is 0.500. The Kier molecular flexibility index (Phi) is 2.73. The lowest BCUT2D eigenvalue weighted by Gasteiger charge is -2.36. The molecular weight excluding hydrogens is 174 g/mol. The molecule has 1 aliphatic heterocycles. The standard InChI is InChI=1S/C12H17NO/c1-3-14-11-6-4-10(5-7-11)12-9(2)8-13-12/h4-7,9,12-13H,3,8H2,1-2H3. The first-order chi connectivity index (χ1) is 6.81. The Labute approximate surface area is 85.3 Å². The molecule has 1 N–H and O–H groups in total. The molecule has 0 bridgehead atoms. The van der Waals surface area contributed by atoms with E-state index in [0.29, 0.717) is 6.04 Å². The Bertz CT molecular complexity index is 294. The zero-order valence-corrected chi connectivity index (χ0v) is 8.79. The van der Waals surface area contributed by atoms with E-state index in [9.17, 15) is 0 Å². The minimum absolute atomic E-state index is 0.547. The molecule has 0 radical (unpaired) electrons. The largest absolute Gasteiger partial charge is 0.494 e. The molecule has 1 aromatic rings. The van der Waals surface area contributed by atoms with Gasteiger partial charge in [-0.15, -0.1) is 0 Å². The van der Waals surface area contributed by atoms with Crippen molar-refractivity contribution in [2.75, 3.05) is 13.2 Å². The molecule has 2 heteroatoms. The van der Waals surface area contributed by atoms with Crippen molar-refractivity contribution in [2.45, 2.75) is 19.9 Å². The number of ether oxygens (including phenoxy) is 1. The zero-order chi connectivity index (χ0) is 9.97. The third-order valence-electron chi connectivity index (χ3n) is 2.78. The van der Waals surface area contributed by atoms with E-state index in [4.69, 9.17) is 4.74 Å². The van der Waals surface area contributed by atoms with Crippen LogP contribution in [-0.4, -0.2) is 13.2 Å². The van der Waals surface area contributed by atoms with Gasteiger partial charge in [-0.2, -0.15) is 0 Å². The lowest BCUT2D eigenvalue weighted by molar-refractivity contribution is 0.258. The molecular formula is C12H17NO. The van der Waals surface area contributed by atoms with Crippen molar-refractivity contribution in [1.29, 1.82) is 0 Å². The quantitative estimate of drug-likeness (QED) is 0.792. The summed E-state index contributed by atoms with van der Waals surface area (Å²) in [6.07, 6.45) is 0. The molecule has 76 valence electrons. The van der Waals surface area contributed by atoms with Crippen LogP contribution in [0.4, 0.5) is 0 Å². The Morgan fingerprint density at radius 2 is 2.07 bits per heavy atom. The van der Waals surface area contributed by atoms with Crippen LogP contribution in [0.2, 0.25) is 0 Å². The molecule has 2 unspecified atom stereocenters. The second-order valence-corrected chi connectivity index (χ2v) is 3.87. The molecule has 0 aliphatic carbocycles. The number of nitrogens with one attached hydrogen (secondary N) is 1. The second-order valence-electron chi connectivity index (χ2n) is 3.87. The minimum Gasteiger partial charge on any atom is -0.494 e. The second kappa shape index (κ2) is 4.01. The van der Waals surface area contributed by atoms with E-state index in [1.54, 1.807) is 0 Å². The van der Waals surface area contributed by atoms with Crippen LogP contribution < -0.4 is 10.1 Å². The van der Waals surface area contributed by atoms with Crippen LogP contribution in [0.5, 0.6) is 5.75 Å². The van der Waals surface area contributed by atoms with Gasteiger partial charge in [-0.3, -0.25) is 0 Å². The highest BCUT2D eigenvalue weighted by Crippen LogP contribution is 2.29. The van der Waals surface area contributed by atoms with Gasteiger partial charge < -0.3 is 10.1 Å². The average Bonchev–Trinajstić information content (AvgIpc) is 2.19. The van der Waals surface area contributed by atoms with E-state index >= 15 is 0 Å². The first-order valence-corrected chi connectivity index (χ1v) is 5.27. The maximum absolute atomic E-state index is 5.40. The van der Waals surface area contributed by atoms with Crippen molar-refractivity contribution in [1.82, 2.24) is 5.32 Å². The third-order valence-corrected chi connectivity index (χ3v) is 2.78. The van der Waals surface area contributed by atoms with Gasteiger partial charge in [0.15, 0.2) is 0 Å². The van der Waals surface area contributed by atoms with E-state index in [1.807, 2.05) is 19.1 Å². The Hall–Kier alpha value is -1.02. The molecule has 1 saturated heterocycles. The number of rotatable bonds is 3. The Morgan fingerprint density at radius 3 is 2.50 bits per heavy atom. The molecule has 2 nitrogen and oxygen atoms in total. The molecule has 1 aromatic carbocycles. The SMILES string of the molecule is CCOc1ccc(C2NCC2C)cc1. The van der Waals surface area contributed by atoms with Crippen LogP contribution >= 0.6 is 0 Å². The van der Waals surface area contributed by atoms with Crippen LogP contribution in [-0.2, 0) is 0 Å². The average molecular weight is 191 g/mol. The summed E-state index contributed by atoms with van der Waals surface area (Å²) in [6.45, 7) is 6.15. The highest BCUT2D eigenvalue weighted by molar-refractivity contribution is 5.30. The highest BCUT2D eigenvalue weighted by atomic mass is 16.5. The van der Waals surface area contributed by atoms with Crippen molar-refractivity contribution in [3.8, 4) is 5.75 Å². The van der Waals surface area contributed by atoms with Crippen molar-refractivity contribution < 1.29 is 4.74 Å². The normalized spacial score (nSPS) is 25.6. The summed E-state index contributed by atoms with van der Waals surface area (Å²) >= 11 is 0. The molecule has 1 heterocycles. The molecule has 0 spiro atoms. The monoisotopic (exact) mass is 191 g/mol. The summed E-state index contributed by atoms with van der Waals surface area (Å²) in [7, 11) is 0. The lowest BCUT2D eigenvalue weighted by Crippen LogP contribution is -2.43. The summed E-state index contributed by atoms with van der Waals surface area (Å²) < 4.78 is 5.40. The van der Waals surface area contributed by atoms with E-state index in [0.717, 1.165) is 24.8 Å². The Morgan fingerprint density at radius 1 is 1.36 bits per heavy atom. The van der Waals surface area contributed by atoms with E-state index < -0.39 is 0 Å². The smallest absolute Gasteiger partial charge is 0.119 e. The first kappa shape index (κ1) is 9.53. The summed E-state index contributed by atoms with van der Waals surface area (Å²) in [5.41, 5.74) is 1.37. The van der Waals surface area contributed by atoms with Crippen molar-refractivity contribution in [3.05, 3.63) is 29.8 Å². The summed E-state index contributed by atoms with van der Waals surface area (Å²) in [4.78, 5) is 0. The van der Waals surface area contributed by atoms with Crippen molar-refractivity contribution in [2.24, 2.45) is 5.92 Å².